The van der Waals surface area contributed by atoms with Gasteiger partial charge >= 0.3 is 0 Å². The van der Waals surface area contributed by atoms with E-state index in [4.69, 9.17) is 9.84 Å². The van der Waals surface area contributed by atoms with Gasteiger partial charge in [-0.1, -0.05) is 85.3 Å². The van der Waals surface area contributed by atoms with Gasteiger partial charge in [0.25, 0.3) is 0 Å². The van der Waals surface area contributed by atoms with Crippen molar-refractivity contribution in [2.24, 2.45) is 11.8 Å². The molecular formula is C24H44O2Y. The third kappa shape index (κ3) is 13.0. The van der Waals surface area contributed by atoms with Crippen LogP contribution >= 0.6 is 0 Å². The molecule has 1 atom stereocenters. The molecule has 0 heterocycles. The molecular weight excluding hydrogens is 409 g/mol. The Morgan fingerprint density at radius 2 is 1.59 bits per heavy atom. The Morgan fingerprint density at radius 1 is 1.04 bits per heavy atom. The van der Waals surface area contributed by atoms with Crippen LogP contribution in [0.1, 0.15) is 97.5 Å². The number of aliphatic hydroxyl groups excluding tert-OH is 1. The van der Waals surface area contributed by atoms with Gasteiger partial charge in [0.05, 0.1) is 7.11 Å². The minimum absolute atomic E-state index is 0. The molecule has 0 spiro atoms. The average Bonchev–Trinajstić information content (AvgIpc) is 2.69. The summed E-state index contributed by atoms with van der Waals surface area (Å²) < 4.78 is 5.17. The monoisotopic (exact) mass is 453 g/mol. The van der Waals surface area contributed by atoms with E-state index in [0.717, 1.165) is 18.1 Å². The molecule has 2 rings (SSSR count). The Kier molecular flexibility index (Phi) is 21.0. The van der Waals surface area contributed by atoms with Crippen LogP contribution in [0.5, 0.6) is 5.75 Å². The SMILES string of the molecule is CC.CCCC(c1ccc(OC)cc1)C(C)C.OCCC1CCCCC1.[Y]. The summed E-state index contributed by atoms with van der Waals surface area (Å²) in [5.41, 5.74) is 1.44. The van der Waals surface area contributed by atoms with Gasteiger partial charge in [-0.2, -0.15) is 0 Å². The normalized spacial score (nSPS) is 14.8. The van der Waals surface area contributed by atoms with Gasteiger partial charge in [-0.15, -0.1) is 0 Å². The predicted molar refractivity (Wildman–Crippen MR) is 115 cm³/mol. The van der Waals surface area contributed by atoms with E-state index in [2.05, 4.69) is 45.0 Å². The maximum absolute atomic E-state index is 8.62. The van der Waals surface area contributed by atoms with Crippen LogP contribution in [-0.2, 0) is 32.7 Å². The minimum atomic E-state index is 0. The van der Waals surface area contributed by atoms with E-state index in [0.29, 0.717) is 18.4 Å². The second kappa shape index (κ2) is 19.4. The van der Waals surface area contributed by atoms with Crippen molar-refractivity contribution < 1.29 is 42.6 Å². The fourth-order valence-corrected chi connectivity index (χ4v) is 3.71. The molecule has 1 aromatic rings. The number of hydrogen-bond acceptors (Lipinski definition) is 2. The first kappa shape index (κ1) is 29.3. The summed E-state index contributed by atoms with van der Waals surface area (Å²) in [6, 6.07) is 8.50. The van der Waals surface area contributed by atoms with Crippen molar-refractivity contribution in [3.05, 3.63) is 29.8 Å². The van der Waals surface area contributed by atoms with Gasteiger partial charge in [0.2, 0.25) is 0 Å². The zero-order chi connectivity index (χ0) is 19.8. The van der Waals surface area contributed by atoms with Crippen LogP contribution in [-0.4, -0.2) is 18.8 Å². The summed E-state index contributed by atoms with van der Waals surface area (Å²) >= 11 is 0. The van der Waals surface area contributed by atoms with Crippen molar-refractivity contribution in [1.29, 1.82) is 0 Å². The largest absolute Gasteiger partial charge is 0.497 e. The van der Waals surface area contributed by atoms with Gasteiger partial charge in [0.1, 0.15) is 5.75 Å². The average molecular weight is 454 g/mol. The molecule has 27 heavy (non-hydrogen) atoms. The molecule has 1 unspecified atom stereocenters. The third-order valence-corrected chi connectivity index (χ3v) is 5.21. The van der Waals surface area contributed by atoms with Crippen LogP contribution in [0.3, 0.4) is 0 Å². The molecule has 1 radical (unpaired) electrons. The topological polar surface area (TPSA) is 29.5 Å². The number of aliphatic hydroxyl groups is 1. The zero-order valence-corrected chi connectivity index (χ0v) is 21.7. The molecule has 0 aromatic heterocycles. The van der Waals surface area contributed by atoms with Crippen LogP contribution in [0.2, 0.25) is 0 Å². The molecule has 1 aliphatic rings. The van der Waals surface area contributed by atoms with Gasteiger partial charge in [-0.3, -0.25) is 0 Å². The molecule has 1 N–H and O–H groups in total. The third-order valence-electron chi connectivity index (χ3n) is 5.21. The van der Waals surface area contributed by atoms with Crippen molar-refractivity contribution >= 4 is 0 Å². The van der Waals surface area contributed by atoms with E-state index < -0.39 is 0 Å². The number of methoxy groups -OCH3 is 1. The summed E-state index contributed by atoms with van der Waals surface area (Å²) in [6.07, 6.45) is 10.5. The summed E-state index contributed by atoms with van der Waals surface area (Å²) in [7, 11) is 1.71. The van der Waals surface area contributed by atoms with E-state index in [1.165, 1.54) is 50.5 Å². The molecule has 0 bridgehead atoms. The number of benzene rings is 1. The Hall–Kier alpha value is 0.0839. The van der Waals surface area contributed by atoms with Crippen LogP contribution in [0.25, 0.3) is 0 Å². The summed E-state index contributed by atoms with van der Waals surface area (Å²) in [5.74, 6) is 3.18. The first-order valence-corrected chi connectivity index (χ1v) is 10.9. The maximum Gasteiger partial charge on any atom is 0.118 e. The Balaban J connectivity index is 0. The van der Waals surface area contributed by atoms with Crippen molar-refractivity contribution in [2.75, 3.05) is 13.7 Å². The van der Waals surface area contributed by atoms with E-state index >= 15 is 0 Å². The summed E-state index contributed by atoms with van der Waals surface area (Å²) in [6.45, 7) is 11.2. The first-order chi connectivity index (χ1) is 12.6. The molecule has 3 heteroatoms. The van der Waals surface area contributed by atoms with Crippen LogP contribution in [0.4, 0.5) is 0 Å². The summed E-state index contributed by atoms with van der Waals surface area (Å²) in [4.78, 5) is 0. The number of hydrogen-bond donors (Lipinski definition) is 1. The van der Waals surface area contributed by atoms with Gasteiger partial charge in [0, 0.05) is 39.3 Å². The van der Waals surface area contributed by atoms with Gasteiger partial charge in [-0.05, 0) is 48.3 Å². The first-order valence-electron chi connectivity index (χ1n) is 10.9. The Bertz CT molecular complexity index is 408. The smallest absolute Gasteiger partial charge is 0.118 e. The maximum atomic E-state index is 8.62. The van der Waals surface area contributed by atoms with E-state index in [9.17, 15) is 0 Å². The molecule has 2 nitrogen and oxygen atoms in total. The molecule has 0 amide bonds. The van der Waals surface area contributed by atoms with Gasteiger partial charge < -0.3 is 9.84 Å². The van der Waals surface area contributed by atoms with Crippen molar-refractivity contribution in [3.63, 3.8) is 0 Å². The fourth-order valence-electron chi connectivity index (χ4n) is 3.71. The van der Waals surface area contributed by atoms with Crippen molar-refractivity contribution in [3.8, 4) is 5.75 Å². The van der Waals surface area contributed by atoms with Crippen LogP contribution < -0.4 is 4.74 Å². The van der Waals surface area contributed by atoms with Gasteiger partial charge in [-0.25, -0.2) is 0 Å². The molecule has 0 saturated heterocycles. The molecule has 0 aliphatic heterocycles. The quantitative estimate of drug-likeness (QED) is 0.473. The van der Waals surface area contributed by atoms with Crippen LogP contribution in [0.15, 0.2) is 24.3 Å². The molecule has 1 aromatic carbocycles. The molecule has 155 valence electrons. The van der Waals surface area contributed by atoms with Crippen LogP contribution in [0, 0.1) is 11.8 Å². The molecule has 1 fully saturated rings. The molecule has 1 saturated carbocycles. The van der Waals surface area contributed by atoms with E-state index in [1.54, 1.807) is 7.11 Å². The second-order valence-electron chi connectivity index (χ2n) is 7.43. The predicted octanol–water partition coefficient (Wildman–Crippen LogP) is 7.21. The standard InChI is InChI=1S/C14H22O.C8H16O.C2H6.Y/c1-5-6-14(11(2)3)12-7-9-13(15-4)10-8-12;9-7-6-8-4-2-1-3-5-8;1-2;/h7-11,14H,5-6H2,1-4H3;8-9H,1-7H2;1-2H3;. The van der Waals surface area contributed by atoms with E-state index in [-0.39, 0.29) is 32.7 Å². The number of rotatable bonds is 7. The number of ether oxygens (including phenoxy) is 1. The minimum Gasteiger partial charge on any atom is -0.497 e. The zero-order valence-electron chi connectivity index (χ0n) is 18.8. The van der Waals surface area contributed by atoms with Crippen molar-refractivity contribution in [2.45, 2.75) is 91.9 Å². The molecule has 1 aliphatic carbocycles. The van der Waals surface area contributed by atoms with Crippen molar-refractivity contribution in [1.82, 2.24) is 0 Å². The second-order valence-corrected chi connectivity index (χ2v) is 7.43. The van der Waals surface area contributed by atoms with E-state index in [1.807, 2.05) is 13.8 Å². The Labute approximate surface area is 194 Å². The Morgan fingerprint density at radius 3 is 2.00 bits per heavy atom. The fraction of sp³-hybridized carbons (Fsp3) is 0.750. The summed E-state index contributed by atoms with van der Waals surface area (Å²) in [5, 5.41) is 8.62. The van der Waals surface area contributed by atoms with Gasteiger partial charge in [0.15, 0.2) is 0 Å².